The maximum Gasteiger partial charge on any atom is 0.263 e. The second kappa shape index (κ2) is 5.54. The Kier molecular flexibility index (Phi) is 3.82. The van der Waals surface area contributed by atoms with Crippen LogP contribution in [0.25, 0.3) is 0 Å². The molecule has 0 saturated carbocycles. The van der Waals surface area contributed by atoms with Crippen LogP contribution in [0, 0.1) is 0 Å². The quantitative estimate of drug-likeness (QED) is 0.899. The average Bonchev–Trinajstić information content (AvgIpc) is 2.85. The predicted molar refractivity (Wildman–Crippen MR) is 66.9 cm³/mol. The molecule has 0 unspecified atom stereocenters. The molecule has 2 aromatic rings. The Morgan fingerprint density at radius 2 is 2.41 bits per heavy atom. The third kappa shape index (κ3) is 2.88. The number of nitrogens with one attached hydrogen (secondary N) is 1. The molecule has 0 aliphatic carbocycles. The summed E-state index contributed by atoms with van der Waals surface area (Å²) in [4.78, 5) is 20.8. The van der Waals surface area contributed by atoms with Gasteiger partial charge in [0.05, 0.1) is 11.2 Å². The van der Waals surface area contributed by atoms with Crippen molar-refractivity contribution in [3.05, 3.63) is 46.2 Å². The molecule has 2 aromatic heterocycles. The Hall–Kier alpha value is -1.75. The van der Waals surface area contributed by atoms with Crippen LogP contribution in [-0.4, -0.2) is 15.9 Å². The number of aromatic nitrogens is 2. The SMILES string of the molecule is CCc1ncsc1C(=O)NCc1cccnc1. The van der Waals surface area contributed by atoms with E-state index in [2.05, 4.69) is 15.3 Å². The fraction of sp³-hybridized carbons (Fsp3) is 0.250. The van der Waals surface area contributed by atoms with Crippen molar-refractivity contribution in [3.8, 4) is 0 Å². The summed E-state index contributed by atoms with van der Waals surface area (Å²) >= 11 is 1.38. The maximum absolute atomic E-state index is 11.9. The van der Waals surface area contributed by atoms with Gasteiger partial charge in [0.15, 0.2) is 0 Å². The number of amides is 1. The van der Waals surface area contributed by atoms with Crippen molar-refractivity contribution in [2.24, 2.45) is 0 Å². The number of aryl methyl sites for hydroxylation is 1. The van der Waals surface area contributed by atoms with Crippen molar-refractivity contribution < 1.29 is 4.79 Å². The molecule has 17 heavy (non-hydrogen) atoms. The van der Waals surface area contributed by atoms with E-state index < -0.39 is 0 Å². The first-order valence-electron chi connectivity index (χ1n) is 5.40. The number of thiazole rings is 1. The molecule has 2 rings (SSSR count). The van der Waals surface area contributed by atoms with E-state index in [9.17, 15) is 4.79 Å². The normalized spacial score (nSPS) is 10.2. The van der Waals surface area contributed by atoms with Gasteiger partial charge in [-0.25, -0.2) is 4.98 Å². The molecule has 0 spiro atoms. The summed E-state index contributed by atoms with van der Waals surface area (Å²) in [5.74, 6) is -0.0618. The summed E-state index contributed by atoms with van der Waals surface area (Å²) in [5, 5.41) is 2.87. The largest absolute Gasteiger partial charge is 0.347 e. The summed E-state index contributed by atoms with van der Waals surface area (Å²) in [5.41, 5.74) is 3.56. The van der Waals surface area contributed by atoms with Gasteiger partial charge >= 0.3 is 0 Å². The third-order valence-electron chi connectivity index (χ3n) is 2.36. The van der Waals surface area contributed by atoms with Gasteiger partial charge in [-0.05, 0) is 18.1 Å². The zero-order valence-electron chi connectivity index (χ0n) is 9.51. The van der Waals surface area contributed by atoms with Gasteiger partial charge in [0.2, 0.25) is 0 Å². The molecular weight excluding hydrogens is 234 g/mol. The topological polar surface area (TPSA) is 54.9 Å². The van der Waals surface area contributed by atoms with Crippen LogP contribution in [0.15, 0.2) is 30.0 Å². The predicted octanol–water partition coefficient (Wildman–Crippen LogP) is 2.03. The van der Waals surface area contributed by atoms with E-state index >= 15 is 0 Å². The highest BCUT2D eigenvalue weighted by molar-refractivity contribution is 7.11. The molecule has 0 aromatic carbocycles. The Labute approximate surface area is 104 Å². The average molecular weight is 247 g/mol. The summed E-state index contributed by atoms with van der Waals surface area (Å²) in [6.45, 7) is 2.49. The molecule has 0 aliphatic heterocycles. The first-order valence-corrected chi connectivity index (χ1v) is 6.28. The van der Waals surface area contributed by atoms with Crippen molar-refractivity contribution in [3.63, 3.8) is 0 Å². The molecule has 1 amide bonds. The maximum atomic E-state index is 11.9. The molecule has 4 nitrogen and oxygen atoms in total. The van der Waals surface area contributed by atoms with Crippen molar-refractivity contribution in [2.75, 3.05) is 0 Å². The van der Waals surface area contributed by atoms with E-state index in [1.807, 2.05) is 19.1 Å². The lowest BCUT2D eigenvalue weighted by atomic mass is 10.2. The van der Waals surface area contributed by atoms with Gasteiger partial charge in [0, 0.05) is 18.9 Å². The Morgan fingerprint density at radius 3 is 3.12 bits per heavy atom. The number of carbonyl (C=O) groups excluding carboxylic acids is 1. The molecule has 0 atom stereocenters. The van der Waals surface area contributed by atoms with E-state index in [1.165, 1.54) is 11.3 Å². The van der Waals surface area contributed by atoms with Gasteiger partial charge in [-0.3, -0.25) is 9.78 Å². The molecule has 5 heteroatoms. The molecule has 88 valence electrons. The Bertz CT molecular complexity index is 495. The minimum absolute atomic E-state index is 0.0618. The van der Waals surface area contributed by atoms with Crippen LogP contribution in [-0.2, 0) is 13.0 Å². The number of pyridine rings is 1. The second-order valence-corrected chi connectivity index (χ2v) is 4.38. The van der Waals surface area contributed by atoms with Gasteiger partial charge in [0.1, 0.15) is 4.88 Å². The first-order chi connectivity index (χ1) is 8.31. The summed E-state index contributed by atoms with van der Waals surface area (Å²) in [6, 6.07) is 3.78. The standard InChI is InChI=1S/C12H13N3OS/c1-2-10-11(17-8-15-10)12(16)14-7-9-4-3-5-13-6-9/h3-6,8H,2,7H2,1H3,(H,14,16). The lowest BCUT2D eigenvalue weighted by molar-refractivity contribution is 0.0954. The molecule has 0 aliphatic rings. The second-order valence-electron chi connectivity index (χ2n) is 3.53. The first kappa shape index (κ1) is 11.7. The highest BCUT2D eigenvalue weighted by atomic mass is 32.1. The number of carbonyl (C=O) groups is 1. The third-order valence-corrected chi connectivity index (χ3v) is 3.23. The van der Waals surface area contributed by atoms with Crippen LogP contribution in [0.5, 0.6) is 0 Å². The number of hydrogen-bond acceptors (Lipinski definition) is 4. The van der Waals surface area contributed by atoms with Crippen LogP contribution < -0.4 is 5.32 Å². The molecule has 0 bridgehead atoms. The minimum atomic E-state index is -0.0618. The van der Waals surface area contributed by atoms with E-state index in [0.29, 0.717) is 11.4 Å². The van der Waals surface area contributed by atoms with Crippen LogP contribution in [0.3, 0.4) is 0 Å². The number of hydrogen-bond donors (Lipinski definition) is 1. The van der Waals surface area contributed by atoms with Gasteiger partial charge in [-0.2, -0.15) is 0 Å². The summed E-state index contributed by atoms with van der Waals surface area (Å²) < 4.78 is 0. The lowest BCUT2D eigenvalue weighted by Gasteiger charge is -2.04. The monoisotopic (exact) mass is 247 g/mol. The van der Waals surface area contributed by atoms with Gasteiger partial charge in [-0.1, -0.05) is 13.0 Å². The van der Waals surface area contributed by atoms with Gasteiger partial charge in [-0.15, -0.1) is 11.3 Å². The lowest BCUT2D eigenvalue weighted by Crippen LogP contribution is -2.22. The zero-order valence-corrected chi connectivity index (χ0v) is 10.3. The van der Waals surface area contributed by atoms with Crippen LogP contribution in [0.2, 0.25) is 0 Å². The Morgan fingerprint density at radius 1 is 1.53 bits per heavy atom. The van der Waals surface area contributed by atoms with Crippen molar-refractivity contribution in [1.82, 2.24) is 15.3 Å². The highest BCUT2D eigenvalue weighted by Crippen LogP contribution is 2.13. The van der Waals surface area contributed by atoms with E-state index in [0.717, 1.165) is 17.7 Å². The summed E-state index contributed by atoms with van der Waals surface area (Å²) in [7, 11) is 0. The van der Waals surface area contributed by atoms with E-state index in [4.69, 9.17) is 0 Å². The van der Waals surface area contributed by atoms with Gasteiger partial charge < -0.3 is 5.32 Å². The van der Waals surface area contributed by atoms with E-state index in [1.54, 1.807) is 17.9 Å². The van der Waals surface area contributed by atoms with Crippen molar-refractivity contribution in [1.29, 1.82) is 0 Å². The Balaban J connectivity index is 1.98. The number of nitrogens with zero attached hydrogens (tertiary/aromatic N) is 2. The zero-order chi connectivity index (χ0) is 12.1. The molecule has 1 N–H and O–H groups in total. The molecule has 0 fully saturated rings. The highest BCUT2D eigenvalue weighted by Gasteiger charge is 2.12. The minimum Gasteiger partial charge on any atom is -0.347 e. The van der Waals surface area contributed by atoms with Crippen LogP contribution in [0.1, 0.15) is 27.9 Å². The van der Waals surface area contributed by atoms with Crippen LogP contribution in [0.4, 0.5) is 0 Å². The van der Waals surface area contributed by atoms with Gasteiger partial charge in [0.25, 0.3) is 5.91 Å². The molecule has 0 saturated heterocycles. The van der Waals surface area contributed by atoms with E-state index in [-0.39, 0.29) is 5.91 Å². The molecule has 0 radical (unpaired) electrons. The summed E-state index contributed by atoms with van der Waals surface area (Å²) in [6.07, 6.45) is 4.23. The van der Waals surface area contributed by atoms with Crippen LogP contribution >= 0.6 is 11.3 Å². The van der Waals surface area contributed by atoms with Crippen molar-refractivity contribution in [2.45, 2.75) is 19.9 Å². The van der Waals surface area contributed by atoms with Crippen molar-refractivity contribution >= 4 is 17.2 Å². The molecular formula is C12H13N3OS. The number of rotatable bonds is 4. The smallest absolute Gasteiger partial charge is 0.263 e. The fourth-order valence-corrected chi connectivity index (χ4v) is 2.27. The molecule has 2 heterocycles. The fourth-order valence-electron chi connectivity index (χ4n) is 1.47.